The molecule has 0 rings (SSSR count). The molecule has 7 atom stereocenters. The fourth-order valence-corrected chi connectivity index (χ4v) is 7.62. The normalized spacial score (nSPS) is 16.7. The highest BCUT2D eigenvalue weighted by atomic mass is 127. The molecule has 0 aliphatic heterocycles. The van der Waals surface area contributed by atoms with Crippen LogP contribution in [0.15, 0.2) is 0 Å². The first kappa shape index (κ1) is 49.6. The van der Waals surface area contributed by atoms with Crippen molar-refractivity contribution in [2.45, 2.75) is 210 Å². The molecule has 0 spiro atoms. The van der Waals surface area contributed by atoms with Gasteiger partial charge in [0, 0.05) is 42.6 Å². The van der Waals surface area contributed by atoms with Gasteiger partial charge in [-0.15, -0.1) is 0 Å². The summed E-state index contributed by atoms with van der Waals surface area (Å²) in [6.07, 6.45) is 28.8. The minimum atomic E-state index is 0.214. The van der Waals surface area contributed by atoms with Gasteiger partial charge in [-0.1, -0.05) is 185 Å². The molecule has 0 heterocycles. The van der Waals surface area contributed by atoms with Gasteiger partial charge in [0.15, 0.2) is 0 Å². The summed E-state index contributed by atoms with van der Waals surface area (Å²) in [7, 11) is 2.15. The van der Waals surface area contributed by atoms with E-state index in [0.29, 0.717) is 0 Å². The van der Waals surface area contributed by atoms with E-state index in [2.05, 4.69) is 102 Å². The molecule has 0 fully saturated rings. The summed E-state index contributed by atoms with van der Waals surface area (Å²) in [4.78, 5) is 0. The summed E-state index contributed by atoms with van der Waals surface area (Å²) in [6.45, 7) is 27.7. The summed E-state index contributed by atoms with van der Waals surface area (Å²) < 4.78 is 14.9. The summed E-state index contributed by atoms with van der Waals surface area (Å²) in [5.74, 6) is 6.77. The molecule has 0 amide bonds. The Kier molecular flexibility index (Phi) is 33.6. The Balaban J connectivity index is 4.05. The largest absolute Gasteiger partial charge is 0.379 e. The summed E-state index contributed by atoms with van der Waals surface area (Å²) in [6, 6.07) is 0. The molecule has 4 heteroatoms. The van der Waals surface area contributed by atoms with Gasteiger partial charge in [-0.2, -0.15) is 0 Å². The Hall–Kier alpha value is 0.610. The maximum absolute atomic E-state index is 6.43. The van der Waals surface area contributed by atoms with E-state index in [4.69, 9.17) is 9.47 Å². The number of hydrogen-bond acceptors (Lipinski definition) is 3. The van der Waals surface area contributed by atoms with Crippen LogP contribution in [0.1, 0.15) is 204 Å². The molecular weight excluding hydrogens is 713 g/mol. The van der Waals surface area contributed by atoms with E-state index in [1.54, 1.807) is 0 Å². The maximum atomic E-state index is 6.43. The molecule has 0 radical (unpaired) electrons. The molecule has 296 valence electrons. The Bertz CT molecular complexity index is 685. The highest BCUT2D eigenvalue weighted by molar-refractivity contribution is 14.1. The standard InChI is InChI=1S/C45H92INO2/c1-37(2)18-12-20-39(5)22-14-24-41(7)26-16-28-43(9)31-34-48-36-45(30-33-47(11)46)49-35-32-44(10)29-17-27-42(8)25-15-23-40(6)21-13-19-38(3)4/h37-45H,12-36H2,1-11H3. The van der Waals surface area contributed by atoms with Gasteiger partial charge >= 0.3 is 0 Å². The zero-order chi connectivity index (χ0) is 36.9. The fourth-order valence-electron chi connectivity index (χ4n) is 7.35. The number of halogens is 1. The first-order valence-corrected chi connectivity index (χ1v) is 22.8. The van der Waals surface area contributed by atoms with Gasteiger partial charge in [0.25, 0.3) is 0 Å². The van der Waals surface area contributed by atoms with Crippen molar-refractivity contribution in [1.82, 2.24) is 3.11 Å². The average Bonchev–Trinajstić information content (AvgIpc) is 3.01. The first-order chi connectivity index (χ1) is 23.3. The second-order valence-corrected chi connectivity index (χ2v) is 19.9. The van der Waals surface area contributed by atoms with E-state index in [1.165, 1.54) is 128 Å². The van der Waals surface area contributed by atoms with Crippen molar-refractivity contribution in [3.63, 3.8) is 0 Å². The van der Waals surface area contributed by atoms with Crippen LogP contribution < -0.4 is 0 Å². The predicted octanol–water partition coefficient (Wildman–Crippen LogP) is 15.0. The second-order valence-electron chi connectivity index (χ2n) is 18.3. The lowest BCUT2D eigenvalue weighted by molar-refractivity contribution is -0.0271. The minimum absolute atomic E-state index is 0.214. The van der Waals surface area contributed by atoms with Crippen molar-refractivity contribution >= 4 is 22.9 Å². The molecule has 0 aromatic rings. The van der Waals surface area contributed by atoms with Gasteiger partial charge in [-0.25, -0.2) is 0 Å². The summed E-state index contributed by atoms with van der Waals surface area (Å²) in [5, 5.41) is 0. The molecule has 0 aliphatic rings. The lowest BCUT2D eigenvalue weighted by Crippen LogP contribution is -2.25. The third-order valence-corrected chi connectivity index (χ3v) is 11.8. The first-order valence-electron chi connectivity index (χ1n) is 21.8. The number of hydrogen-bond donors (Lipinski definition) is 0. The van der Waals surface area contributed by atoms with Crippen LogP contribution in [0.4, 0.5) is 0 Å². The van der Waals surface area contributed by atoms with Crippen LogP contribution in [-0.2, 0) is 9.47 Å². The van der Waals surface area contributed by atoms with E-state index in [9.17, 15) is 0 Å². The predicted molar refractivity (Wildman–Crippen MR) is 229 cm³/mol. The molecule has 0 aromatic carbocycles. The topological polar surface area (TPSA) is 21.7 Å². The van der Waals surface area contributed by atoms with Crippen molar-refractivity contribution < 1.29 is 9.47 Å². The lowest BCUT2D eigenvalue weighted by Gasteiger charge is -2.21. The molecule has 0 aromatic heterocycles. The van der Waals surface area contributed by atoms with Crippen molar-refractivity contribution in [1.29, 1.82) is 0 Å². The zero-order valence-electron chi connectivity index (χ0n) is 35.5. The van der Waals surface area contributed by atoms with E-state index in [-0.39, 0.29) is 6.10 Å². The smallest absolute Gasteiger partial charge is 0.0820 e. The Morgan fingerprint density at radius 2 is 0.714 bits per heavy atom. The SMILES string of the molecule is CC(C)CCCC(C)CCCC(C)CCCC(C)CCOCC(CCN(C)I)OCCC(C)CCCC(C)CCCC(C)CCCC(C)C. The van der Waals surface area contributed by atoms with E-state index in [0.717, 1.165) is 80.1 Å². The van der Waals surface area contributed by atoms with Crippen molar-refractivity contribution in [3.05, 3.63) is 0 Å². The number of nitrogens with zero attached hydrogens (tertiary/aromatic N) is 1. The van der Waals surface area contributed by atoms with Gasteiger partial charge in [0.1, 0.15) is 0 Å². The number of ether oxygens (including phenoxy) is 2. The lowest BCUT2D eigenvalue weighted by atomic mass is 9.91. The van der Waals surface area contributed by atoms with Gasteiger partial charge in [0.2, 0.25) is 0 Å². The summed E-state index contributed by atoms with van der Waals surface area (Å²) >= 11 is 2.39. The van der Waals surface area contributed by atoms with Crippen LogP contribution in [0.3, 0.4) is 0 Å². The maximum Gasteiger partial charge on any atom is 0.0820 e. The van der Waals surface area contributed by atoms with Crippen LogP contribution >= 0.6 is 22.9 Å². The van der Waals surface area contributed by atoms with Crippen LogP contribution in [0.25, 0.3) is 0 Å². The van der Waals surface area contributed by atoms with Gasteiger partial charge in [0.05, 0.1) is 12.7 Å². The second kappa shape index (κ2) is 33.2. The molecule has 0 N–H and O–H groups in total. The number of rotatable bonds is 36. The quantitative estimate of drug-likeness (QED) is 0.0358. The van der Waals surface area contributed by atoms with Crippen LogP contribution in [0.2, 0.25) is 0 Å². The van der Waals surface area contributed by atoms with Crippen LogP contribution in [0.5, 0.6) is 0 Å². The van der Waals surface area contributed by atoms with Gasteiger partial charge < -0.3 is 9.47 Å². The van der Waals surface area contributed by atoms with E-state index < -0.39 is 0 Å². The average molecular weight is 806 g/mol. The van der Waals surface area contributed by atoms with Gasteiger partial charge in [-0.3, -0.25) is 3.11 Å². The molecule has 0 saturated heterocycles. The van der Waals surface area contributed by atoms with Gasteiger partial charge in [-0.05, 0) is 73.7 Å². The van der Waals surface area contributed by atoms with E-state index in [1.807, 2.05) is 0 Å². The fraction of sp³-hybridized carbons (Fsp3) is 1.00. The molecule has 0 bridgehead atoms. The minimum Gasteiger partial charge on any atom is -0.379 e. The van der Waals surface area contributed by atoms with Crippen molar-refractivity contribution in [2.24, 2.45) is 47.3 Å². The van der Waals surface area contributed by atoms with Crippen molar-refractivity contribution in [3.8, 4) is 0 Å². The zero-order valence-corrected chi connectivity index (χ0v) is 37.7. The molecule has 7 unspecified atom stereocenters. The van der Waals surface area contributed by atoms with Crippen LogP contribution in [0, 0.1) is 47.3 Å². The van der Waals surface area contributed by atoms with Crippen molar-refractivity contribution in [2.75, 3.05) is 33.4 Å². The molecule has 0 saturated carbocycles. The molecule has 49 heavy (non-hydrogen) atoms. The Morgan fingerprint density at radius 3 is 1.04 bits per heavy atom. The monoisotopic (exact) mass is 806 g/mol. The van der Waals surface area contributed by atoms with E-state index >= 15 is 0 Å². The highest BCUT2D eigenvalue weighted by Crippen LogP contribution is 2.24. The molecule has 0 aliphatic carbocycles. The Labute approximate surface area is 324 Å². The van der Waals surface area contributed by atoms with Crippen LogP contribution in [-0.4, -0.2) is 42.6 Å². The summed E-state index contributed by atoms with van der Waals surface area (Å²) in [5.41, 5.74) is 0. The molecule has 3 nitrogen and oxygen atoms in total. The Morgan fingerprint density at radius 1 is 0.408 bits per heavy atom. The highest BCUT2D eigenvalue weighted by Gasteiger charge is 2.14. The molecular formula is C45H92INO2. The third kappa shape index (κ3) is 35.4. The third-order valence-electron chi connectivity index (χ3n) is 11.3.